The molecule has 2 heterocycles. The van der Waals surface area contributed by atoms with Crippen molar-refractivity contribution in [1.82, 2.24) is 14.8 Å². The Labute approximate surface area is 177 Å². The summed E-state index contributed by atoms with van der Waals surface area (Å²) in [5, 5.41) is 8.05. The maximum atomic E-state index is 12.9. The summed E-state index contributed by atoms with van der Waals surface area (Å²) in [5.74, 6) is 2.03. The Hall–Kier alpha value is -3.59. The average Bonchev–Trinajstić information content (AvgIpc) is 3.35. The Bertz CT molecular complexity index is 1210. The summed E-state index contributed by atoms with van der Waals surface area (Å²) in [7, 11) is 4.70. The lowest BCUT2D eigenvalue weighted by atomic mass is 10.2. The lowest BCUT2D eigenvalue weighted by Gasteiger charge is -2.09. The minimum atomic E-state index is -0.309. The smallest absolute Gasteiger partial charge is 0.257 e. The number of methoxy groups -OCH3 is 3. The molecule has 0 saturated heterocycles. The monoisotopic (exact) mass is 424 g/mol. The standard InChI is InChI=1S/C21H20N4O4S/c1-12-7-19(23-20(26)13-8-15(28-3)10-16(9-13)29-4)25(24-12)21-22-17-6-5-14(27-2)11-18(17)30-21/h5-11H,1-4H3,(H,23,26). The molecule has 1 amide bonds. The van der Waals surface area contributed by atoms with E-state index >= 15 is 0 Å². The molecule has 0 unspecified atom stereocenters. The quantitative estimate of drug-likeness (QED) is 0.502. The zero-order chi connectivity index (χ0) is 21.3. The first-order valence-electron chi connectivity index (χ1n) is 9.06. The topological polar surface area (TPSA) is 87.5 Å². The highest BCUT2D eigenvalue weighted by molar-refractivity contribution is 7.20. The number of rotatable bonds is 6. The van der Waals surface area contributed by atoms with Crippen LogP contribution in [0.1, 0.15) is 16.1 Å². The third-order valence-electron chi connectivity index (χ3n) is 4.45. The molecule has 2 aromatic heterocycles. The minimum Gasteiger partial charge on any atom is -0.497 e. The molecule has 0 aliphatic rings. The summed E-state index contributed by atoms with van der Waals surface area (Å²) in [6, 6.07) is 12.5. The number of nitrogens with zero attached hydrogens (tertiary/aromatic N) is 3. The molecule has 30 heavy (non-hydrogen) atoms. The van der Waals surface area contributed by atoms with Crippen LogP contribution in [0.5, 0.6) is 17.2 Å². The number of thiazole rings is 1. The highest BCUT2D eigenvalue weighted by Crippen LogP contribution is 2.30. The van der Waals surface area contributed by atoms with Gasteiger partial charge in [0.15, 0.2) is 0 Å². The Kier molecular flexibility index (Phi) is 5.28. The lowest BCUT2D eigenvalue weighted by Crippen LogP contribution is -2.15. The molecule has 9 heteroatoms. The molecule has 1 N–H and O–H groups in total. The number of amides is 1. The molecule has 4 rings (SSSR count). The zero-order valence-electron chi connectivity index (χ0n) is 16.9. The van der Waals surface area contributed by atoms with Crippen LogP contribution in [0.15, 0.2) is 42.5 Å². The van der Waals surface area contributed by atoms with E-state index in [1.165, 1.54) is 25.6 Å². The van der Waals surface area contributed by atoms with E-state index < -0.39 is 0 Å². The van der Waals surface area contributed by atoms with Gasteiger partial charge in [-0.05, 0) is 37.3 Å². The van der Waals surface area contributed by atoms with Crippen LogP contribution in [-0.2, 0) is 0 Å². The number of ether oxygens (including phenoxy) is 3. The first-order chi connectivity index (χ1) is 14.5. The number of carbonyl (C=O) groups is 1. The van der Waals surface area contributed by atoms with Gasteiger partial charge in [0.05, 0.1) is 37.2 Å². The predicted molar refractivity (Wildman–Crippen MR) is 116 cm³/mol. The Morgan fingerprint density at radius 1 is 0.967 bits per heavy atom. The molecule has 8 nitrogen and oxygen atoms in total. The van der Waals surface area contributed by atoms with Crippen molar-refractivity contribution < 1.29 is 19.0 Å². The van der Waals surface area contributed by atoms with Crippen molar-refractivity contribution in [2.24, 2.45) is 0 Å². The molecule has 0 bridgehead atoms. The van der Waals surface area contributed by atoms with E-state index in [0.717, 1.165) is 21.7 Å². The second kappa shape index (κ2) is 8.03. The van der Waals surface area contributed by atoms with Gasteiger partial charge in [0.25, 0.3) is 5.91 Å². The number of carbonyl (C=O) groups excluding carboxylic acids is 1. The normalized spacial score (nSPS) is 10.8. The van der Waals surface area contributed by atoms with E-state index in [4.69, 9.17) is 14.2 Å². The molecule has 2 aromatic carbocycles. The van der Waals surface area contributed by atoms with Crippen molar-refractivity contribution in [3.63, 3.8) is 0 Å². The molecule has 0 radical (unpaired) electrons. The number of hydrogen-bond acceptors (Lipinski definition) is 7. The number of aromatic nitrogens is 3. The molecule has 4 aromatic rings. The van der Waals surface area contributed by atoms with Crippen LogP contribution in [0.4, 0.5) is 5.82 Å². The fraction of sp³-hybridized carbons (Fsp3) is 0.190. The largest absolute Gasteiger partial charge is 0.497 e. The van der Waals surface area contributed by atoms with E-state index in [1.54, 1.807) is 36.1 Å². The van der Waals surface area contributed by atoms with Crippen LogP contribution in [0.25, 0.3) is 15.3 Å². The van der Waals surface area contributed by atoms with Crippen molar-refractivity contribution in [3.8, 4) is 22.4 Å². The lowest BCUT2D eigenvalue weighted by molar-refractivity contribution is 0.102. The van der Waals surface area contributed by atoms with Gasteiger partial charge >= 0.3 is 0 Å². The maximum absolute atomic E-state index is 12.9. The van der Waals surface area contributed by atoms with Crippen molar-refractivity contribution in [2.45, 2.75) is 6.92 Å². The second-order valence-electron chi connectivity index (χ2n) is 6.47. The van der Waals surface area contributed by atoms with Crippen LogP contribution >= 0.6 is 11.3 Å². The van der Waals surface area contributed by atoms with Crippen LogP contribution in [0.3, 0.4) is 0 Å². The van der Waals surface area contributed by atoms with Gasteiger partial charge in [0, 0.05) is 17.7 Å². The molecule has 0 spiro atoms. The summed E-state index contributed by atoms with van der Waals surface area (Å²) in [5.41, 5.74) is 2.00. The molecular formula is C21H20N4O4S. The summed E-state index contributed by atoms with van der Waals surface area (Å²) in [6.45, 7) is 1.86. The highest BCUT2D eigenvalue weighted by atomic mass is 32.1. The molecular weight excluding hydrogens is 404 g/mol. The molecule has 0 fully saturated rings. The molecule has 0 atom stereocenters. The first-order valence-corrected chi connectivity index (χ1v) is 9.88. The second-order valence-corrected chi connectivity index (χ2v) is 7.48. The van der Waals surface area contributed by atoms with Crippen LogP contribution in [-0.4, -0.2) is 42.0 Å². The predicted octanol–water partition coefficient (Wildman–Crippen LogP) is 4.07. The Balaban J connectivity index is 1.68. The third kappa shape index (κ3) is 3.79. The fourth-order valence-electron chi connectivity index (χ4n) is 2.97. The SMILES string of the molecule is COc1cc(OC)cc(C(=O)Nc2cc(C)nn2-c2nc3ccc(OC)cc3s2)c1. The van der Waals surface area contributed by atoms with Crippen molar-refractivity contribution in [2.75, 3.05) is 26.6 Å². The van der Waals surface area contributed by atoms with E-state index in [-0.39, 0.29) is 5.91 Å². The average molecular weight is 424 g/mol. The van der Waals surface area contributed by atoms with Crippen molar-refractivity contribution >= 4 is 33.3 Å². The van der Waals surface area contributed by atoms with E-state index in [1.807, 2.05) is 25.1 Å². The van der Waals surface area contributed by atoms with Gasteiger partial charge in [-0.25, -0.2) is 4.98 Å². The number of fused-ring (bicyclic) bond motifs is 1. The molecule has 154 valence electrons. The number of aryl methyl sites for hydroxylation is 1. The Morgan fingerprint density at radius 2 is 1.67 bits per heavy atom. The van der Waals surface area contributed by atoms with Crippen LogP contribution in [0, 0.1) is 6.92 Å². The summed E-state index contributed by atoms with van der Waals surface area (Å²) in [4.78, 5) is 17.5. The van der Waals surface area contributed by atoms with Gasteiger partial charge in [-0.3, -0.25) is 4.79 Å². The number of nitrogens with one attached hydrogen (secondary N) is 1. The molecule has 0 aliphatic heterocycles. The Morgan fingerprint density at radius 3 is 2.33 bits per heavy atom. The number of anilines is 1. The van der Waals surface area contributed by atoms with Gasteiger partial charge in [-0.2, -0.15) is 9.78 Å². The minimum absolute atomic E-state index is 0.309. The zero-order valence-corrected chi connectivity index (χ0v) is 17.7. The third-order valence-corrected chi connectivity index (χ3v) is 5.45. The number of benzene rings is 2. The van der Waals surface area contributed by atoms with Crippen molar-refractivity contribution in [1.29, 1.82) is 0 Å². The fourth-order valence-corrected chi connectivity index (χ4v) is 3.93. The van der Waals surface area contributed by atoms with E-state index in [9.17, 15) is 4.79 Å². The van der Waals surface area contributed by atoms with Gasteiger partial charge < -0.3 is 19.5 Å². The first kappa shape index (κ1) is 19.7. The van der Waals surface area contributed by atoms with Crippen LogP contribution in [0.2, 0.25) is 0 Å². The van der Waals surface area contributed by atoms with E-state index in [0.29, 0.717) is 28.0 Å². The van der Waals surface area contributed by atoms with Gasteiger partial charge in [-0.15, -0.1) is 0 Å². The van der Waals surface area contributed by atoms with Gasteiger partial charge in [0.1, 0.15) is 23.1 Å². The van der Waals surface area contributed by atoms with Gasteiger partial charge in [-0.1, -0.05) is 11.3 Å². The number of hydrogen-bond donors (Lipinski definition) is 1. The highest BCUT2D eigenvalue weighted by Gasteiger charge is 2.17. The summed E-state index contributed by atoms with van der Waals surface area (Å²) < 4.78 is 18.4. The van der Waals surface area contributed by atoms with Crippen molar-refractivity contribution in [3.05, 3.63) is 53.7 Å². The molecule has 0 saturated carbocycles. The molecule has 0 aliphatic carbocycles. The van der Waals surface area contributed by atoms with Crippen LogP contribution < -0.4 is 19.5 Å². The summed E-state index contributed by atoms with van der Waals surface area (Å²) in [6.07, 6.45) is 0. The van der Waals surface area contributed by atoms with Gasteiger partial charge in [0.2, 0.25) is 5.13 Å². The van der Waals surface area contributed by atoms with E-state index in [2.05, 4.69) is 15.4 Å². The summed E-state index contributed by atoms with van der Waals surface area (Å²) >= 11 is 1.46. The maximum Gasteiger partial charge on any atom is 0.257 e.